The summed E-state index contributed by atoms with van der Waals surface area (Å²) in [6.45, 7) is 1.98. The molecule has 0 spiro atoms. The van der Waals surface area contributed by atoms with E-state index in [4.69, 9.17) is 31.8 Å². The van der Waals surface area contributed by atoms with Gasteiger partial charge in [-0.05, 0) is 43.4 Å². The van der Waals surface area contributed by atoms with E-state index in [-0.39, 0.29) is 84.6 Å². The molecule has 4 aliphatic rings. The van der Waals surface area contributed by atoms with Crippen molar-refractivity contribution in [1.82, 2.24) is 14.9 Å². The van der Waals surface area contributed by atoms with Gasteiger partial charge in [0.05, 0.1) is 38.3 Å². The number of nitrogens with two attached hydrogens (primary N) is 1. The van der Waals surface area contributed by atoms with Gasteiger partial charge in [-0.25, -0.2) is 13.2 Å². The quantitative estimate of drug-likeness (QED) is 0.260. The maximum Gasteiger partial charge on any atom is 0.319 e. The van der Waals surface area contributed by atoms with Crippen molar-refractivity contribution in [3.8, 4) is 35.0 Å². The monoisotopic (exact) mass is 665 g/mol. The Morgan fingerprint density at radius 1 is 1.22 bits per heavy atom. The molecule has 3 saturated heterocycles. The van der Waals surface area contributed by atoms with Crippen LogP contribution in [0, 0.1) is 40.2 Å². The Morgan fingerprint density at radius 2 is 2.07 bits per heavy atom. The molecule has 0 bridgehead atoms. The predicted molar refractivity (Wildman–Crippen MR) is 168 cm³/mol. The molecule has 8 rings (SSSR count). The fourth-order valence-electron chi connectivity index (χ4n) is 7.97. The van der Waals surface area contributed by atoms with Crippen LogP contribution in [-0.2, 0) is 0 Å². The Balaban J connectivity index is 1.34. The lowest BCUT2D eigenvalue weighted by Crippen LogP contribution is -2.43. The Hall–Kier alpha value is -4.04. The van der Waals surface area contributed by atoms with Crippen LogP contribution in [-0.4, -0.2) is 65.5 Å². The summed E-state index contributed by atoms with van der Waals surface area (Å²) >= 11 is 7.89. The number of nitriles is 2. The first-order valence-electron chi connectivity index (χ1n) is 15.2. The number of halogens is 4. The van der Waals surface area contributed by atoms with E-state index in [1.54, 1.807) is 0 Å². The minimum atomic E-state index is -0.952. The lowest BCUT2D eigenvalue weighted by atomic mass is 9.95. The molecule has 2 aromatic heterocycles. The first kappa shape index (κ1) is 29.4. The number of nitrogen functional groups attached to an aromatic ring is 1. The molecule has 4 atom stereocenters. The van der Waals surface area contributed by atoms with Gasteiger partial charge in [0, 0.05) is 36.9 Å². The van der Waals surface area contributed by atoms with E-state index in [0.29, 0.717) is 38.2 Å². The van der Waals surface area contributed by atoms with E-state index < -0.39 is 23.3 Å². The Morgan fingerprint density at radius 3 is 2.87 bits per heavy atom. The largest absolute Gasteiger partial charge is 0.489 e. The van der Waals surface area contributed by atoms with Crippen LogP contribution in [0.5, 0.6) is 11.8 Å². The number of alkyl halides is 1. The van der Waals surface area contributed by atoms with Crippen molar-refractivity contribution in [3.63, 3.8) is 0 Å². The maximum absolute atomic E-state index is 17.1. The molecule has 2 unspecified atom stereocenters. The van der Waals surface area contributed by atoms with Gasteiger partial charge in [-0.2, -0.15) is 20.5 Å². The molecule has 4 aliphatic heterocycles. The van der Waals surface area contributed by atoms with Crippen LogP contribution >= 0.6 is 22.9 Å². The van der Waals surface area contributed by atoms with Crippen LogP contribution in [0.1, 0.15) is 37.7 Å². The van der Waals surface area contributed by atoms with Gasteiger partial charge in [-0.1, -0.05) is 17.7 Å². The van der Waals surface area contributed by atoms with E-state index in [9.17, 15) is 19.3 Å². The normalized spacial score (nSPS) is 25.3. The highest BCUT2D eigenvalue weighted by molar-refractivity contribution is 7.23. The third-order valence-electron chi connectivity index (χ3n) is 10.1. The van der Waals surface area contributed by atoms with E-state index in [2.05, 4.69) is 16.0 Å². The first-order chi connectivity index (χ1) is 22.2. The van der Waals surface area contributed by atoms with Gasteiger partial charge in [-0.3, -0.25) is 4.90 Å². The van der Waals surface area contributed by atoms with Crippen molar-refractivity contribution in [2.24, 2.45) is 5.92 Å². The molecule has 6 heterocycles. The fourth-order valence-corrected chi connectivity index (χ4v) is 9.25. The highest BCUT2D eigenvalue weighted by Gasteiger charge is 2.49. The van der Waals surface area contributed by atoms with E-state index in [1.807, 2.05) is 11.0 Å². The summed E-state index contributed by atoms with van der Waals surface area (Å²) in [5.74, 6) is -0.917. The molecule has 4 aromatic rings. The molecule has 0 saturated carbocycles. The van der Waals surface area contributed by atoms with Crippen LogP contribution in [0.2, 0.25) is 5.02 Å². The van der Waals surface area contributed by atoms with Gasteiger partial charge < -0.3 is 20.1 Å². The number of nitrogens with zero attached hydrogens (tertiary/aromatic N) is 6. The molecular formula is C32H27ClF3N7O2S. The lowest BCUT2D eigenvalue weighted by molar-refractivity contribution is 0.107. The molecule has 3 fully saturated rings. The van der Waals surface area contributed by atoms with Crippen molar-refractivity contribution in [2.45, 2.75) is 49.9 Å². The number of ether oxygens (including phenoxy) is 2. The number of thiophene rings is 1. The van der Waals surface area contributed by atoms with Crippen LogP contribution < -0.4 is 20.1 Å². The summed E-state index contributed by atoms with van der Waals surface area (Å²) in [7, 11) is 0. The summed E-state index contributed by atoms with van der Waals surface area (Å²) in [4.78, 5) is 13.4. The second kappa shape index (κ2) is 10.8. The van der Waals surface area contributed by atoms with Crippen molar-refractivity contribution < 1.29 is 22.6 Å². The maximum atomic E-state index is 17.1. The standard InChI is InChI=1S/C32H27ClF3N7O2S/c33-24-22(17-2-3-19(35)28-21(17)18(11-38)29(39)46-28)25(36)26-23-27(24)44-13-20-15(4-7-37)5-9-43(20)30(23)41-31(40-26)45-14-32-6-1-8-42(32)12-16(34)10-32/h2-3,15-16,20H,1,4-6,8-10,12-14,39H2/t15?,16-,20?,32+/m1/s1. The van der Waals surface area contributed by atoms with Gasteiger partial charge in [0.1, 0.15) is 47.6 Å². The SMILES string of the molecule is N#CCC1CCN2c3nc(OC[C@@]45CCCN4C[C@H](F)C5)nc4c(F)c(-c5ccc(F)c6sc(N)c(C#N)c56)c(Cl)c(c34)OCC12. The highest BCUT2D eigenvalue weighted by Crippen LogP contribution is 2.52. The number of fused-ring (bicyclic) bond motifs is 4. The summed E-state index contributed by atoms with van der Waals surface area (Å²) in [6.07, 6.45) is 2.11. The Labute approximate surface area is 270 Å². The zero-order chi connectivity index (χ0) is 31.9. The highest BCUT2D eigenvalue weighted by atomic mass is 35.5. The van der Waals surface area contributed by atoms with E-state index >= 15 is 4.39 Å². The number of benzene rings is 2. The van der Waals surface area contributed by atoms with Crippen LogP contribution in [0.25, 0.3) is 32.1 Å². The third kappa shape index (κ3) is 4.21. The smallest absolute Gasteiger partial charge is 0.319 e. The zero-order valence-corrected chi connectivity index (χ0v) is 26.0. The number of anilines is 2. The number of aromatic nitrogens is 2. The second-order valence-electron chi connectivity index (χ2n) is 12.5. The topological polar surface area (TPSA) is 124 Å². The number of hydrogen-bond donors (Lipinski definition) is 1. The van der Waals surface area contributed by atoms with Crippen molar-refractivity contribution >= 4 is 54.7 Å². The molecule has 0 radical (unpaired) electrons. The molecule has 2 aromatic carbocycles. The van der Waals surface area contributed by atoms with E-state index in [0.717, 1.165) is 30.7 Å². The third-order valence-corrected chi connectivity index (χ3v) is 11.5. The Bertz CT molecular complexity index is 2030. The molecule has 9 nitrogen and oxygen atoms in total. The van der Waals surface area contributed by atoms with Gasteiger partial charge in [0.15, 0.2) is 11.6 Å². The fraction of sp³-hybridized carbons (Fsp3) is 0.438. The zero-order valence-electron chi connectivity index (χ0n) is 24.5. The van der Waals surface area contributed by atoms with Crippen LogP contribution in [0.4, 0.5) is 24.0 Å². The van der Waals surface area contributed by atoms with Crippen molar-refractivity contribution in [3.05, 3.63) is 34.4 Å². The van der Waals surface area contributed by atoms with Crippen LogP contribution in [0.3, 0.4) is 0 Å². The molecule has 46 heavy (non-hydrogen) atoms. The summed E-state index contributed by atoms with van der Waals surface area (Å²) in [5, 5.41) is 19.8. The molecule has 14 heteroatoms. The lowest BCUT2D eigenvalue weighted by Gasteiger charge is -2.31. The average Bonchev–Trinajstić information content (AvgIpc) is 3.75. The first-order valence-corrected chi connectivity index (χ1v) is 16.4. The summed E-state index contributed by atoms with van der Waals surface area (Å²) in [5.41, 5.74) is 5.55. The summed E-state index contributed by atoms with van der Waals surface area (Å²) in [6, 6.07) is 6.51. The molecule has 2 N–H and O–H groups in total. The summed E-state index contributed by atoms with van der Waals surface area (Å²) < 4.78 is 59.1. The van der Waals surface area contributed by atoms with Crippen molar-refractivity contribution in [2.75, 3.05) is 43.5 Å². The van der Waals surface area contributed by atoms with Gasteiger partial charge >= 0.3 is 6.01 Å². The van der Waals surface area contributed by atoms with E-state index in [1.165, 1.54) is 12.1 Å². The minimum absolute atomic E-state index is 0.0207. The second-order valence-corrected chi connectivity index (χ2v) is 13.9. The average molecular weight is 666 g/mol. The van der Waals surface area contributed by atoms with Crippen LogP contribution in [0.15, 0.2) is 12.1 Å². The predicted octanol–water partition coefficient (Wildman–Crippen LogP) is 6.35. The molecule has 0 aliphatic carbocycles. The molecule has 0 amide bonds. The van der Waals surface area contributed by atoms with Gasteiger partial charge in [0.25, 0.3) is 0 Å². The van der Waals surface area contributed by atoms with Crippen molar-refractivity contribution in [1.29, 1.82) is 10.5 Å². The minimum Gasteiger partial charge on any atom is -0.489 e. The van der Waals surface area contributed by atoms with Gasteiger partial charge in [-0.15, -0.1) is 11.3 Å². The number of rotatable bonds is 5. The molecular weight excluding hydrogens is 639 g/mol. The Kier molecular flexibility index (Phi) is 6.87. The van der Waals surface area contributed by atoms with Gasteiger partial charge in [0.2, 0.25) is 0 Å². The molecule has 236 valence electrons. The number of hydrogen-bond acceptors (Lipinski definition) is 10.